The first kappa shape index (κ1) is 80.9. The fraction of sp³-hybridized carbons (Fsp3) is 0.455. The smallest absolute Gasteiger partial charge is 0.422 e. The molecule has 0 bridgehead atoms. The van der Waals surface area contributed by atoms with E-state index in [1.54, 1.807) is 55.6 Å². The number of alkyl halides is 6. The second-order valence-electron chi connectivity index (χ2n) is 28.4. The summed E-state index contributed by atoms with van der Waals surface area (Å²) < 4.78 is 145. The highest BCUT2D eigenvalue weighted by atomic mass is 35.5. The fourth-order valence-corrected chi connectivity index (χ4v) is 13.6. The Morgan fingerprint density at radius 3 is 1.20 bits per heavy atom. The predicted octanol–water partition coefficient (Wildman–Crippen LogP) is 17.0. The van der Waals surface area contributed by atoms with Crippen LogP contribution in [0.4, 0.5) is 26.3 Å². The minimum absolute atomic E-state index is 0.0181. The molecule has 0 spiro atoms. The topological polar surface area (TPSA) is 162 Å². The molecule has 0 unspecified atom stereocenters. The SMILES string of the molecule is CO[C@@]1(c2ccc(Cl)c(Cc3ccc(OCC(F)(F)F)cc3)c2)O[C@H](CO[Si](C)(C)C(C)(C)C)[C@@H](O)[C@H](O)[C@H]1O.CO[C@@]1(c2ccc(Cl)c(Cc3ccc(OCC(F)(F)F)cc3)c2)O[C@H](CO[Si](C)(C)C(C)(C)C)[C@@H](OCc2ccccc2)[C@H](OCc2ccccc2)[C@H]1OCc1ccccc1. The summed E-state index contributed by atoms with van der Waals surface area (Å²) in [5.74, 6) is -3.21. The molecule has 3 N–H and O–H groups in total. The van der Waals surface area contributed by atoms with Gasteiger partial charge >= 0.3 is 12.4 Å². The van der Waals surface area contributed by atoms with Crippen LogP contribution in [0.1, 0.15) is 91.6 Å². The number of halogens is 8. The first-order chi connectivity index (χ1) is 47.5. The van der Waals surface area contributed by atoms with Crippen LogP contribution in [0.5, 0.6) is 11.5 Å². The van der Waals surface area contributed by atoms with Gasteiger partial charge in [-0.2, -0.15) is 26.3 Å². The lowest BCUT2D eigenvalue weighted by Crippen LogP contribution is -2.66. The Morgan fingerprint density at radius 1 is 0.446 bits per heavy atom. The summed E-state index contributed by atoms with van der Waals surface area (Å²) in [5.41, 5.74) is 6.79. The van der Waals surface area contributed by atoms with Crippen molar-refractivity contribution in [2.75, 3.05) is 40.6 Å². The van der Waals surface area contributed by atoms with Gasteiger partial charge in [0.15, 0.2) is 29.8 Å². The standard InChI is InChI=1S/C49H56ClF3O7Si.C28H38ClF3O7Si/c1-47(2,3)61(5,6)59-33-43-44(55-30-36-16-10-7-11-17-36)45(56-31-37-18-12-8-13-19-37)46(57-32-38-20-14-9-15-21-38)49(54-4,60-43)40-24-27-42(50)39(29-40)28-35-22-25-41(26-23-35)58-34-48(51,52)53;1-26(2,3)40(5,6)38-15-22-23(33)24(34)25(35)28(36-4,39-22)19-9-12-21(29)18(14-19)13-17-7-10-20(11-8-17)37-16-27(30,31)32/h7-27,29,43-46H,28,30-34H2,1-6H3;7-12,14,22-25,33-35H,13,15-16H2,1-6H3/t43-,44-,45+,46-,49+;22-,23-,24+,25-,28+/m11/s1. The van der Waals surface area contributed by atoms with Gasteiger partial charge in [-0.25, -0.2) is 0 Å². The van der Waals surface area contributed by atoms with Gasteiger partial charge in [-0.05, 0) is 137 Å². The van der Waals surface area contributed by atoms with Crippen molar-refractivity contribution in [3.63, 3.8) is 0 Å². The van der Waals surface area contributed by atoms with Crippen molar-refractivity contribution in [1.29, 1.82) is 0 Å². The van der Waals surface area contributed by atoms with Gasteiger partial charge in [0.1, 0.15) is 60.3 Å². The molecule has 10 atom stereocenters. The average Bonchev–Trinajstić information content (AvgIpc) is 0.741. The van der Waals surface area contributed by atoms with Gasteiger partial charge in [0.25, 0.3) is 0 Å². The van der Waals surface area contributed by atoms with E-state index in [-0.39, 0.29) is 54.6 Å². The summed E-state index contributed by atoms with van der Waals surface area (Å²) in [5, 5.41) is 33.3. The lowest BCUT2D eigenvalue weighted by molar-refractivity contribution is -0.384. The number of benzene rings is 7. The monoisotopic (exact) mass is 1480 g/mol. The van der Waals surface area contributed by atoms with Gasteiger partial charge in [-0.3, -0.25) is 0 Å². The highest BCUT2D eigenvalue weighted by Gasteiger charge is 2.60. The summed E-state index contributed by atoms with van der Waals surface area (Å²) in [6.07, 6.45) is -16.9. The second kappa shape index (κ2) is 34.4. The minimum Gasteiger partial charge on any atom is -0.484 e. The Bertz CT molecular complexity index is 3700. The number of rotatable bonds is 27. The zero-order valence-corrected chi connectivity index (χ0v) is 62.6. The number of ether oxygens (including phenoxy) is 9. The van der Waals surface area contributed by atoms with E-state index in [0.717, 1.165) is 33.4 Å². The first-order valence-electron chi connectivity index (χ1n) is 33.4. The van der Waals surface area contributed by atoms with Gasteiger partial charge in [0.05, 0.1) is 33.0 Å². The number of aliphatic hydroxyl groups excluding tert-OH is 3. The van der Waals surface area contributed by atoms with E-state index in [1.807, 2.05) is 103 Å². The minimum atomic E-state index is -4.44. The maximum absolute atomic E-state index is 12.8. The molecule has 2 aliphatic rings. The number of hydrogen-bond acceptors (Lipinski definition) is 14. The first-order valence-corrected chi connectivity index (χ1v) is 39.9. The predicted molar refractivity (Wildman–Crippen MR) is 381 cm³/mol. The van der Waals surface area contributed by atoms with Crippen LogP contribution < -0.4 is 9.47 Å². The van der Waals surface area contributed by atoms with Crippen LogP contribution in [-0.4, -0.2) is 134 Å². The van der Waals surface area contributed by atoms with E-state index in [9.17, 15) is 41.7 Å². The third kappa shape index (κ3) is 21.5. The van der Waals surface area contributed by atoms with Gasteiger partial charge < -0.3 is 66.8 Å². The fourth-order valence-electron chi connectivity index (χ4n) is 11.2. The molecule has 101 heavy (non-hydrogen) atoms. The Kier molecular flexibility index (Phi) is 27.6. The zero-order valence-electron chi connectivity index (χ0n) is 59.1. The Morgan fingerprint density at radius 2 is 0.812 bits per heavy atom. The number of methoxy groups -OCH3 is 2. The van der Waals surface area contributed by atoms with E-state index in [4.69, 9.17) is 74.7 Å². The van der Waals surface area contributed by atoms with Crippen molar-refractivity contribution in [1.82, 2.24) is 0 Å². The molecule has 9 rings (SSSR count). The van der Waals surface area contributed by atoms with Crippen LogP contribution >= 0.6 is 23.2 Å². The van der Waals surface area contributed by atoms with Crippen molar-refractivity contribution in [3.05, 3.63) is 236 Å². The Balaban J connectivity index is 0.000000281. The average molecular weight is 1480 g/mol. The highest BCUT2D eigenvalue weighted by Crippen LogP contribution is 2.47. The van der Waals surface area contributed by atoms with Crippen molar-refractivity contribution in [2.24, 2.45) is 0 Å². The van der Waals surface area contributed by atoms with Crippen molar-refractivity contribution in [3.8, 4) is 11.5 Å². The lowest BCUT2D eigenvalue weighted by atomic mass is 9.86. The number of aliphatic hydroxyl groups is 3. The summed E-state index contributed by atoms with van der Waals surface area (Å²) in [6, 6.07) is 52.9. The molecule has 0 aliphatic carbocycles. The van der Waals surface area contributed by atoms with Crippen LogP contribution in [-0.2, 0) is 86.2 Å². The summed E-state index contributed by atoms with van der Waals surface area (Å²) in [4.78, 5) is 0. The third-order valence-electron chi connectivity index (χ3n) is 19.1. The third-order valence-corrected chi connectivity index (χ3v) is 28.8. The molecule has 0 aromatic heterocycles. The van der Waals surface area contributed by atoms with E-state index in [1.165, 1.54) is 31.4 Å². The van der Waals surface area contributed by atoms with E-state index >= 15 is 0 Å². The second-order valence-corrected chi connectivity index (χ2v) is 38.9. The largest absolute Gasteiger partial charge is 0.484 e. The molecule has 7 aromatic carbocycles. The van der Waals surface area contributed by atoms with E-state index in [2.05, 4.69) is 67.7 Å². The summed E-state index contributed by atoms with van der Waals surface area (Å²) in [7, 11) is -1.63. The molecule has 2 aliphatic heterocycles. The van der Waals surface area contributed by atoms with Crippen LogP contribution in [0, 0.1) is 0 Å². The van der Waals surface area contributed by atoms with E-state index < -0.39 is 103 Å². The van der Waals surface area contributed by atoms with Crippen molar-refractivity contribution >= 4 is 39.8 Å². The molecule has 14 nitrogen and oxygen atoms in total. The lowest BCUT2D eigenvalue weighted by Gasteiger charge is -2.52. The molecule has 7 aromatic rings. The highest BCUT2D eigenvalue weighted by molar-refractivity contribution is 6.74. The normalized spacial score (nSPS) is 23.0. The van der Waals surface area contributed by atoms with Crippen molar-refractivity contribution < 1.29 is 93.1 Å². The quantitative estimate of drug-likeness (QED) is 0.0329. The van der Waals surface area contributed by atoms with Crippen LogP contribution in [0.15, 0.2) is 176 Å². The molecule has 0 saturated carbocycles. The van der Waals surface area contributed by atoms with Gasteiger partial charge in [0, 0.05) is 35.4 Å². The van der Waals surface area contributed by atoms with Gasteiger partial charge in [0.2, 0.25) is 11.6 Å². The van der Waals surface area contributed by atoms with Crippen LogP contribution in [0.25, 0.3) is 0 Å². The Hall–Kier alpha value is -5.75. The van der Waals surface area contributed by atoms with E-state index in [0.29, 0.717) is 39.6 Å². The molecule has 0 radical (unpaired) electrons. The molecule has 2 heterocycles. The number of hydrogen-bond donors (Lipinski definition) is 3. The van der Waals surface area contributed by atoms with Gasteiger partial charge in [-0.15, -0.1) is 0 Å². The molecule has 0 amide bonds. The molecular formula is C77H94Cl2F6O14Si2. The molecule has 24 heteroatoms. The Labute approximate surface area is 601 Å². The summed E-state index contributed by atoms with van der Waals surface area (Å²) >= 11 is 13.4. The molecule has 2 fully saturated rings. The maximum Gasteiger partial charge on any atom is 0.422 e. The molecule has 2 saturated heterocycles. The molecule has 550 valence electrons. The zero-order chi connectivity index (χ0) is 73.8. The maximum atomic E-state index is 12.8. The van der Waals surface area contributed by atoms with Gasteiger partial charge in [-0.1, -0.05) is 192 Å². The van der Waals surface area contributed by atoms with Crippen LogP contribution in [0.2, 0.25) is 46.3 Å². The summed E-state index contributed by atoms with van der Waals surface area (Å²) in [6.45, 7) is 19.5. The van der Waals surface area contributed by atoms with Crippen molar-refractivity contribution in [2.45, 2.75) is 183 Å². The van der Waals surface area contributed by atoms with Crippen LogP contribution in [0.3, 0.4) is 0 Å². The molecular weight excluding hydrogens is 1390 g/mol.